The minimum Gasteiger partial charge on any atom is -0.342 e. The first-order chi connectivity index (χ1) is 11.7. The zero-order valence-electron chi connectivity index (χ0n) is 14.5. The molecule has 4 heteroatoms. The first kappa shape index (κ1) is 17.0. The molecule has 1 aromatic rings. The molecular weight excluding hydrogens is 300 g/mol. The van der Waals surface area contributed by atoms with Gasteiger partial charge in [-0.25, -0.2) is 0 Å². The highest BCUT2D eigenvalue weighted by Crippen LogP contribution is 2.32. The van der Waals surface area contributed by atoms with E-state index in [4.69, 9.17) is 0 Å². The van der Waals surface area contributed by atoms with Gasteiger partial charge in [0.1, 0.15) is 12.1 Å². The zero-order chi connectivity index (χ0) is 16.9. The Kier molecular flexibility index (Phi) is 5.54. The summed E-state index contributed by atoms with van der Waals surface area (Å²) in [7, 11) is 0. The van der Waals surface area contributed by atoms with Crippen molar-refractivity contribution in [3.05, 3.63) is 35.9 Å². The van der Waals surface area contributed by atoms with Crippen molar-refractivity contribution in [3.8, 4) is 0 Å². The third kappa shape index (κ3) is 3.63. The first-order valence-electron chi connectivity index (χ1n) is 9.35. The monoisotopic (exact) mass is 328 g/mol. The third-order valence-electron chi connectivity index (χ3n) is 5.37. The van der Waals surface area contributed by atoms with Crippen molar-refractivity contribution in [2.75, 3.05) is 0 Å². The quantitative estimate of drug-likeness (QED) is 0.902. The normalized spacial score (nSPS) is 25.6. The van der Waals surface area contributed by atoms with E-state index < -0.39 is 0 Å². The molecule has 0 spiro atoms. The molecule has 2 unspecified atom stereocenters. The smallest absolute Gasteiger partial charge is 0.246 e. The molecule has 1 heterocycles. The maximum atomic E-state index is 13.0. The largest absolute Gasteiger partial charge is 0.342 e. The Balaban J connectivity index is 1.85. The summed E-state index contributed by atoms with van der Waals surface area (Å²) in [6, 6.07) is 9.37. The molecule has 1 aliphatic carbocycles. The first-order valence-corrected chi connectivity index (χ1v) is 9.35. The topological polar surface area (TPSA) is 49.4 Å². The van der Waals surface area contributed by atoms with E-state index in [-0.39, 0.29) is 23.9 Å². The Hall–Kier alpha value is -1.84. The van der Waals surface area contributed by atoms with Crippen molar-refractivity contribution in [1.82, 2.24) is 10.2 Å². The Morgan fingerprint density at radius 1 is 1.08 bits per heavy atom. The van der Waals surface area contributed by atoms with Gasteiger partial charge in [-0.15, -0.1) is 0 Å². The van der Waals surface area contributed by atoms with Crippen LogP contribution in [0.25, 0.3) is 0 Å². The fraction of sp³-hybridized carbons (Fsp3) is 0.600. The van der Waals surface area contributed by atoms with Crippen molar-refractivity contribution in [3.63, 3.8) is 0 Å². The number of amides is 2. The second-order valence-electron chi connectivity index (χ2n) is 7.14. The number of hydrogen-bond acceptors (Lipinski definition) is 2. The maximum Gasteiger partial charge on any atom is 0.246 e. The number of carbonyl (C=O) groups is 2. The zero-order valence-corrected chi connectivity index (χ0v) is 14.5. The Labute approximate surface area is 144 Å². The van der Waals surface area contributed by atoms with Crippen molar-refractivity contribution in [1.29, 1.82) is 0 Å². The lowest BCUT2D eigenvalue weighted by Gasteiger charge is -2.43. The summed E-state index contributed by atoms with van der Waals surface area (Å²) in [5, 5.41) is 3.00. The van der Waals surface area contributed by atoms with Crippen LogP contribution in [0, 0.1) is 5.92 Å². The summed E-state index contributed by atoms with van der Waals surface area (Å²) in [4.78, 5) is 27.7. The molecule has 1 N–H and O–H groups in total. The molecule has 2 aliphatic rings. The van der Waals surface area contributed by atoms with Gasteiger partial charge >= 0.3 is 0 Å². The highest BCUT2D eigenvalue weighted by Gasteiger charge is 2.43. The average molecular weight is 328 g/mol. The molecular formula is C20H28N2O2. The number of nitrogens with zero attached hydrogens (tertiary/aromatic N) is 1. The van der Waals surface area contributed by atoms with E-state index in [9.17, 15) is 9.59 Å². The molecule has 1 saturated heterocycles. The molecule has 130 valence electrons. The molecule has 3 rings (SSSR count). The van der Waals surface area contributed by atoms with Crippen LogP contribution in [0.5, 0.6) is 0 Å². The molecule has 1 saturated carbocycles. The Morgan fingerprint density at radius 2 is 1.79 bits per heavy atom. The van der Waals surface area contributed by atoms with Crippen LogP contribution in [0.2, 0.25) is 0 Å². The molecule has 2 amide bonds. The van der Waals surface area contributed by atoms with E-state index in [1.54, 1.807) is 0 Å². The van der Waals surface area contributed by atoms with Crippen LogP contribution in [-0.4, -0.2) is 28.8 Å². The highest BCUT2D eigenvalue weighted by molar-refractivity contribution is 5.97. The number of hydrogen-bond donors (Lipinski definition) is 1. The van der Waals surface area contributed by atoms with Gasteiger partial charge < -0.3 is 10.2 Å². The van der Waals surface area contributed by atoms with Gasteiger partial charge in [-0.1, -0.05) is 62.9 Å². The molecule has 2 atom stereocenters. The van der Waals surface area contributed by atoms with Gasteiger partial charge in [0.25, 0.3) is 0 Å². The number of rotatable bonds is 5. The lowest BCUT2D eigenvalue weighted by atomic mass is 9.81. The summed E-state index contributed by atoms with van der Waals surface area (Å²) in [5.74, 6) is 0.445. The number of piperazine rings is 1. The molecule has 2 fully saturated rings. The number of nitrogens with one attached hydrogen (secondary N) is 1. The summed E-state index contributed by atoms with van der Waals surface area (Å²) < 4.78 is 0. The lowest BCUT2D eigenvalue weighted by molar-refractivity contribution is -0.153. The molecule has 24 heavy (non-hydrogen) atoms. The molecule has 1 aromatic carbocycles. The van der Waals surface area contributed by atoms with E-state index in [1.807, 2.05) is 42.2 Å². The standard InChI is InChI=1S/C20H28N2O2/c1-2-9-17-20(24)22(14-15-10-5-3-6-11-15)18(19(23)21-17)16-12-7-4-8-13-16/h3,5-6,10-11,16-18H,2,4,7-9,12-14H2,1H3,(H,21,23). The minimum absolute atomic E-state index is 0.0517. The fourth-order valence-corrected chi connectivity index (χ4v) is 4.16. The van der Waals surface area contributed by atoms with Gasteiger partial charge in [-0.2, -0.15) is 0 Å². The Bertz CT molecular complexity index is 566. The second-order valence-corrected chi connectivity index (χ2v) is 7.14. The molecule has 0 aromatic heterocycles. The van der Waals surface area contributed by atoms with Crippen molar-refractivity contribution >= 4 is 11.8 Å². The van der Waals surface area contributed by atoms with Crippen LogP contribution >= 0.6 is 0 Å². The summed E-state index contributed by atoms with van der Waals surface area (Å²) in [6.45, 7) is 2.59. The Morgan fingerprint density at radius 3 is 2.46 bits per heavy atom. The van der Waals surface area contributed by atoms with Crippen LogP contribution in [0.1, 0.15) is 57.4 Å². The van der Waals surface area contributed by atoms with Crippen LogP contribution < -0.4 is 5.32 Å². The maximum absolute atomic E-state index is 13.0. The van der Waals surface area contributed by atoms with E-state index >= 15 is 0 Å². The van der Waals surface area contributed by atoms with Crippen LogP contribution in [-0.2, 0) is 16.1 Å². The van der Waals surface area contributed by atoms with Gasteiger partial charge in [0.2, 0.25) is 11.8 Å². The van der Waals surface area contributed by atoms with Gasteiger partial charge in [0, 0.05) is 6.54 Å². The molecule has 4 nitrogen and oxygen atoms in total. The van der Waals surface area contributed by atoms with Crippen molar-refractivity contribution in [2.24, 2.45) is 5.92 Å². The number of benzene rings is 1. The van der Waals surface area contributed by atoms with Gasteiger partial charge in [0.15, 0.2) is 0 Å². The van der Waals surface area contributed by atoms with Crippen molar-refractivity contribution in [2.45, 2.75) is 70.5 Å². The third-order valence-corrected chi connectivity index (χ3v) is 5.37. The highest BCUT2D eigenvalue weighted by atomic mass is 16.2. The van der Waals surface area contributed by atoms with Crippen LogP contribution in [0.3, 0.4) is 0 Å². The van der Waals surface area contributed by atoms with Gasteiger partial charge in [-0.3, -0.25) is 9.59 Å². The summed E-state index contributed by atoms with van der Waals surface area (Å²) in [5.41, 5.74) is 1.09. The second kappa shape index (κ2) is 7.82. The number of carbonyl (C=O) groups excluding carboxylic acids is 2. The van der Waals surface area contributed by atoms with Crippen LogP contribution in [0.15, 0.2) is 30.3 Å². The van der Waals surface area contributed by atoms with E-state index in [0.717, 1.165) is 24.8 Å². The average Bonchev–Trinajstić information content (AvgIpc) is 2.61. The summed E-state index contributed by atoms with van der Waals surface area (Å²) >= 11 is 0. The van der Waals surface area contributed by atoms with E-state index in [2.05, 4.69) is 5.32 Å². The lowest BCUT2D eigenvalue weighted by Crippen LogP contribution is -2.65. The van der Waals surface area contributed by atoms with E-state index in [0.29, 0.717) is 18.9 Å². The SMILES string of the molecule is CCCC1NC(=O)C(C2CCCCC2)N(Cc2ccccc2)C1=O. The molecule has 0 bridgehead atoms. The molecule has 1 aliphatic heterocycles. The van der Waals surface area contributed by atoms with Crippen molar-refractivity contribution < 1.29 is 9.59 Å². The van der Waals surface area contributed by atoms with Gasteiger partial charge in [-0.05, 0) is 30.7 Å². The fourth-order valence-electron chi connectivity index (χ4n) is 4.16. The van der Waals surface area contributed by atoms with E-state index in [1.165, 1.54) is 19.3 Å². The van der Waals surface area contributed by atoms with Crippen LogP contribution in [0.4, 0.5) is 0 Å². The predicted molar refractivity (Wildman–Crippen MR) is 94.2 cm³/mol. The van der Waals surface area contributed by atoms with Gasteiger partial charge in [0.05, 0.1) is 0 Å². The predicted octanol–water partition coefficient (Wildman–Crippen LogP) is 3.26. The molecule has 0 radical (unpaired) electrons. The minimum atomic E-state index is -0.356. The summed E-state index contributed by atoms with van der Waals surface area (Å²) in [6.07, 6.45) is 7.29.